The van der Waals surface area contributed by atoms with E-state index in [0.717, 1.165) is 6.07 Å². The third-order valence-electron chi connectivity index (χ3n) is 5.40. The molecule has 7 nitrogen and oxygen atoms in total. The van der Waals surface area contributed by atoms with Crippen molar-refractivity contribution in [1.82, 2.24) is 14.9 Å². The highest BCUT2D eigenvalue weighted by molar-refractivity contribution is 7.90. The topological polar surface area (TPSA) is 78.8 Å². The van der Waals surface area contributed by atoms with E-state index in [4.69, 9.17) is 0 Å². The lowest BCUT2D eigenvalue weighted by Crippen LogP contribution is -2.46. The van der Waals surface area contributed by atoms with Gasteiger partial charge in [-0.25, -0.2) is 9.97 Å². The molecule has 2 aromatic rings. The minimum Gasteiger partial charge on any atom is -0.356 e. The lowest BCUT2D eigenvalue weighted by atomic mass is 10.0. The molecule has 1 aromatic heterocycles. The zero-order valence-electron chi connectivity index (χ0n) is 16.4. The first-order valence-electron chi connectivity index (χ1n) is 9.41. The number of rotatable bonds is 2. The molecule has 0 N–H and O–H groups in total. The second kappa shape index (κ2) is 7.22. The third-order valence-corrected chi connectivity index (χ3v) is 6.72. The Morgan fingerprint density at radius 3 is 2.47 bits per heavy atom. The minimum atomic E-state index is -4.53. The first-order valence-corrected chi connectivity index (χ1v) is 10.9. The highest BCUT2D eigenvalue weighted by Gasteiger charge is 2.36. The number of benzene rings is 1. The second-order valence-corrected chi connectivity index (χ2v) is 8.94. The molecular formula is C19H20F3N5O2S. The van der Waals surface area contributed by atoms with Crippen molar-refractivity contribution >= 4 is 21.7 Å². The van der Waals surface area contributed by atoms with Crippen LogP contribution in [-0.4, -0.2) is 55.3 Å². The Balaban J connectivity index is 1.50. The predicted octanol–water partition coefficient (Wildman–Crippen LogP) is 2.85. The Hall–Kier alpha value is -2.69. The average molecular weight is 439 g/mol. The number of fused-ring (bicyclic) bond motifs is 1. The van der Waals surface area contributed by atoms with Crippen LogP contribution in [0.3, 0.4) is 0 Å². The molecule has 0 unspecified atom stereocenters. The van der Waals surface area contributed by atoms with Gasteiger partial charge in [-0.15, -0.1) is 4.40 Å². The number of nitrogens with zero attached hydrogens (tertiary/aromatic N) is 5. The summed E-state index contributed by atoms with van der Waals surface area (Å²) in [7, 11) is -1.90. The summed E-state index contributed by atoms with van der Waals surface area (Å²) in [5.74, 6) is 0.726. The van der Waals surface area contributed by atoms with Gasteiger partial charge in [-0.1, -0.05) is 12.1 Å². The van der Waals surface area contributed by atoms with Crippen LogP contribution >= 0.6 is 0 Å². The van der Waals surface area contributed by atoms with Gasteiger partial charge in [-0.3, -0.25) is 0 Å². The lowest BCUT2D eigenvalue weighted by molar-refractivity contribution is -0.141. The molecule has 4 rings (SSSR count). The Morgan fingerprint density at radius 1 is 1.13 bits per heavy atom. The van der Waals surface area contributed by atoms with Crippen molar-refractivity contribution in [3.05, 3.63) is 47.4 Å². The van der Waals surface area contributed by atoms with E-state index in [1.54, 1.807) is 30.1 Å². The van der Waals surface area contributed by atoms with Crippen molar-refractivity contribution in [2.75, 3.05) is 25.0 Å². The normalized spacial score (nSPS) is 18.8. The fraction of sp³-hybridized carbons (Fsp3) is 0.421. The summed E-state index contributed by atoms with van der Waals surface area (Å²) >= 11 is 0. The maximum atomic E-state index is 13.1. The molecule has 3 heterocycles. The van der Waals surface area contributed by atoms with Crippen LogP contribution in [0.4, 0.5) is 19.0 Å². The molecular weight excluding hydrogens is 419 g/mol. The molecule has 2 aliphatic rings. The SMILES string of the molecule is Cc1nc(N2CCC(N(C)C3=NS(=O)(=O)c4ccccc43)CC2)cc(C(F)(F)F)n1. The Bertz CT molecular complexity index is 1110. The van der Waals surface area contributed by atoms with Crippen molar-refractivity contribution in [2.24, 2.45) is 4.40 Å². The van der Waals surface area contributed by atoms with Crippen LogP contribution < -0.4 is 4.90 Å². The molecule has 160 valence electrons. The van der Waals surface area contributed by atoms with E-state index in [9.17, 15) is 21.6 Å². The van der Waals surface area contributed by atoms with Gasteiger partial charge < -0.3 is 9.80 Å². The molecule has 0 bridgehead atoms. The van der Waals surface area contributed by atoms with Crippen molar-refractivity contribution in [2.45, 2.75) is 36.9 Å². The van der Waals surface area contributed by atoms with Gasteiger partial charge in [0.2, 0.25) is 0 Å². The number of halogens is 3. The van der Waals surface area contributed by atoms with Crippen LogP contribution in [0, 0.1) is 6.92 Å². The summed E-state index contributed by atoms with van der Waals surface area (Å²) < 4.78 is 67.7. The summed E-state index contributed by atoms with van der Waals surface area (Å²) in [6.07, 6.45) is -3.27. The zero-order chi connectivity index (χ0) is 21.7. The van der Waals surface area contributed by atoms with Gasteiger partial charge in [0.15, 0.2) is 5.84 Å². The molecule has 0 amide bonds. The summed E-state index contributed by atoms with van der Waals surface area (Å²) in [5.41, 5.74) is -0.380. The molecule has 30 heavy (non-hydrogen) atoms. The van der Waals surface area contributed by atoms with Gasteiger partial charge in [-0.05, 0) is 31.9 Å². The quantitative estimate of drug-likeness (QED) is 0.716. The second-order valence-electron chi connectivity index (χ2n) is 7.37. The predicted molar refractivity (Wildman–Crippen MR) is 105 cm³/mol. The summed E-state index contributed by atoms with van der Waals surface area (Å²) in [5, 5.41) is 0. The van der Waals surface area contributed by atoms with Crippen LogP contribution in [0.1, 0.15) is 29.9 Å². The molecule has 0 saturated carbocycles. The van der Waals surface area contributed by atoms with E-state index in [1.807, 2.05) is 4.90 Å². The number of piperidine rings is 1. The number of aryl methyl sites for hydroxylation is 1. The van der Waals surface area contributed by atoms with Gasteiger partial charge in [0.25, 0.3) is 10.0 Å². The standard InChI is InChI=1S/C19H20F3N5O2S/c1-12-23-16(19(20,21)22)11-17(24-12)27-9-7-13(8-10-27)26(2)18-14-5-3-4-6-15(14)30(28,29)25-18/h3-6,11,13H,7-10H2,1-2H3. The van der Waals surface area contributed by atoms with E-state index in [1.165, 1.54) is 13.0 Å². The fourth-order valence-electron chi connectivity index (χ4n) is 3.86. The number of hydrogen-bond acceptors (Lipinski definition) is 6. The Labute approximate surface area is 172 Å². The van der Waals surface area contributed by atoms with E-state index in [0.29, 0.717) is 37.3 Å². The number of amidine groups is 1. The monoisotopic (exact) mass is 439 g/mol. The van der Waals surface area contributed by atoms with Crippen molar-refractivity contribution in [3.63, 3.8) is 0 Å². The number of aromatic nitrogens is 2. The molecule has 1 saturated heterocycles. The molecule has 1 fully saturated rings. The van der Waals surface area contributed by atoms with E-state index < -0.39 is 21.9 Å². The summed E-state index contributed by atoms with van der Waals surface area (Å²) in [6, 6.07) is 7.67. The van der Waals surface area contributed by atoms with Crippen molar-refractivity contribution in [3.8, 4) is 0 Å². The van der Waals surface area contributed by atoms with Crippen LogP contribution in [0.25, 0.3) is 0 Å². The van der Waals surface area contributed by atoms with Crippen LogP contribution in [-0.2, 0) is 16.2 Å². The summed E-state index contributed by atoms with van der Waals surface area (Å²) in [4.78, 5) is 11.5. The van der Waals surface area contributed by atoms with Gasteiger partial charge in [0.1, 0.15) is 22.2 Å². The molecule has 11 heteroatoms. The van der Waals surface area contributed by atoms with Crippen LogP contribution in [0.2, 0.25) is 0 Å². The minimum absolute atomic E-state index is 0.00590. The van der Waals surface area contributed by atoms with Gasteiger partial charge in [-0.2, -0.15) is 21.6 Å². The fourth-order valence-corrected chi connectivity index (χ4v) is 5.10. The first-order chi connectivity index (χ1) is 14.1. The molecule has 0 radical (unpaired) electrons. The highest BCUT2D eigenvalue weighted by Crippen LogP contribution is 2.32. The zero-order valence-corrected chi connectivity index (χ0v) is 17.2. The number of anilines is 1. The maximum Gasteiger partial charge on any atom is 0.433 e. The lowest BCUT2D eigenvalue weighted by Gasteiger charge is -2.38. The van der Waals surface area contributed by atoms with Gasteiger partial charge in [0, 0.05) is 37.8 Å². The van der Waals surface area contributed by atoms with Crippen molar-refractivity contribution in [1.29, 1.82) is 0 Å². The smallest absolute Gasteiger partial charge is 0.356 e. The van der Waals surface area contributed by atoms with Gasteiger partial charge in [0.05, 0.1) is 0 Å². The Kier molecular flexibility index (Phi) is 4.95. The Morgan fingerprint density at radius 2 is 1.80 bits per heavy atom. The first kappa shape index (κ1) is 20.6. The highest BCUT2D eigenvalue weighted by atomic mass is 32.2. The number of sulfonamides is 1. The van der Waals surface area contributed by atoms with E-state index in [2.05, 4.69) is 14.4 Å². The summed E-state index contributed by atoms with van der Waals surface area (Å²) in [6.45, 7) is 2.42. The molecule has 0 spiro atoms. The largest absolute Gasteiger partial charge is 0.433 e. The van der Waals surface area contributed by atoms with Crippen LogP contribution in [0.15, 0.2) is 39.6 Å². The maximum absolute atomic E-state index is 13.1. The average Bonchev–Trinajstić information content (AvgIpc) is 2.98. The van der Waals surface area contributed by atoms with E-state index in [-0.39, 0.29) is 22.6 Å². The molecule has 1 aromatic carbocycles. The van der Waals surface area contributed by atoms with Gasteiger partial charge >= 0.3 is 6.18 Å². The molecule has 0 atom stereocenters. The third kappa shape index (κ3) is 3.73. The number of alkyl halides is 3. The molecule has 0 aliphatic carbocycles. The van der Waals surface area contributed by atoms with E-state index >= 15 is 0 Å². The van der Waals surface area contributed by atoms with Crippen LogP contribution in [0.5, 0.6) is 0 Å². The van der Waals surface area contributed by atoms with Crippen molar-refractivity contribution < 1.29 is 21.6 Å². The molecule has 2 aliphatic heterocycles. The number of hydrogen-bond donors (Lipinski definition) is 0.